The third-order valence-electron chi connectivity index (χ3n) is 5.55. The van der Waals surface area contributed by atoms with Crippen LogP contribution in [0.3, 0.4) is 0 Å². The molecular formula is C23H34N2O2. The van der Waals surface area contributed by atoms with E-state index in [9.17, 15) is 4.79 Å². The van der Waals surface area contributed by atoms with E-state index in [1.54, 1.807) is 0 Å². The Morgan fingerprint density at radius 3 is 2.70 bits per heavy atom. The number of carbonyl (C=O) groups is 1. The van der Waals surface area contributed by atoms with Gasteiger partial charge in [-0.2, -0.15) is 0 Å². The summed E-state index contributed by atoms with van der Waals surface area (Å²) in [6, 6.07) is 11.0. The molecule has 3 rings (SSSR count). The van der Waals surface area contributed by atoms with E-state index >= 15 is 0 Å². The van der Waals surface area contributed by atoms with Crippen LogP contribution in [0.2, 0.25) is 0 Å². The van der Waals surface area contributed by atoms with Gasteiger partial charge in [0.15, 0.2) is 0 Å². The standard InChI is InChI=1S/C23H34N2O2/c1-17(13-18-9-6-5-7-10-18)15-24-16-20-14-19-11-8-12-21(19)25(20)22(26)27-23(2,3)4/h5-7,9-10,13,19-21,24H,8,11-12,14-16H2,1-4H3/b17-13+/t19-,20-,21?/m0/s1. The molecule has 1 N–H and O–H groups in total. The van der Waals surface area contributed by atoms with Gasteiger partial charge in [-0.3, -0.25) is 0 Å². The number of hydrogen-bond acceptors (Lipinski definition) is 3. The van der Waals surface area contributed by atoms with Crippen molar-refractivity contribution in [3.63, 3.8) is 0 Å². The van der Waals surface area contributed by atoms with E-state index in [0.717, 1.165) is 25.9 Å². The largest absolute Gasteiger partial charge is 0.444 e. The molecule has 1 aliphatic carbocycles. The number of amides is 1. The van der Waals surface area contributed by atoms with E-state index in [1.165, 1.54) is 24.0 Å². The molecular weight excluding hydrogens is 336 g/mol. The van der Waals surface area contributed by atoms with Gasteiger partial charge in [0, 0.05) is 25.2 Å². The summed E-state index contributed by atoms with van der Waals surface area (Å²) in [5.41, 5.74) is 2.08. The number of fused-ring (bicyclic) bond motifs is 1. The van der Waals surface area contributed by atoms with Crippen molar-refractivity contribution in [2.24, 2.45) is 5.92 Å². The number of ether oxygens (including phenoxy) is 1. The van der Waals surface area contributed by atoms with Crippen LogP contribution < -0.4 is 5.32 Å². The molecule has 3 atom stereocenters. The molecule has 1 saturated carbocycles. The van der Waals surface area contributed by atoms with E-state index < -0.39 is 5.60 Å². The Morgan fingerprint density at radius 2 is 2.00 bits per heavy atom. The molecule has 1 aromatic carbocycles. The molecule has 1 aromatic rings. The van der Waals surface area contributed by atoms with Crippen LogP contribution in [0.1, 0.15) is 58.9 Å². The van der Waals surface area contributed by atoms with Crippen molar-refractivity contribution in [1.82, 2.24) is 10.2 Å². The Labute approximate surface area is 164 Å². The van der Waals surface area contributed by atoms with Crippen LogP contribution in [0.15, 0.2) is 35.9 Å². The highest BCUT2D eigenvalue weighted by atomic mass is 16.6. The summed E-state index contributed by atoms with van der Waals surface area (Å²) in [7, 11) is 0. The molecule has 0 spiro atoms. The predicted octanol–water partition coefficient (Wildman–Crippen LogP) is 4.86. The average molecular weight is 371 g/mol. The van der Waals surface area contributed by atoms with E-state index in [2.05, 4.69) is 42.6 Å². The lowest BCUT2D eigenvalue weighted by molar-refractivity contribution is 0.0140. The summed E-state index contributed by atoms with van der Waals surface area (Å²) in [5, 5.41) is 3.57. The lowest BCUT2D eigenvalue weighted by Gasteiger charge is -2.32. The van der Waals surface area contributed by atoms with Crippen LogP contribution in [-0.2, 0) is 4.74 Å². The molecule has 1 amide bonds. The normalized spacial score (nSPS) is 25.6. The third-order valence-corrected chi connectivity index (χ3v) is 5.55. The second-order valence-corrected chi connectivity index (χ2v) is 9.07. The van der Waals surface area contributed by atoms with Crippen LogP contribution in [0.4, 0.5) is 4.79 Å². The van der Waals surface area contributed by atoms with Gasteiger partial charge in [-0.25, -0.2) is 4.79 Å². The number of likely N-dealkylation sites (tertiary alicyclic amines) is 1. The molecule has 1 aliphatic heterocycles. The van der Waals surface area contributed by atoms with Crippen LogP contribution in [0.5, 0.6) is 0 Å². The molecule has 4 nitrogen and oxygen atoms in total. The van der Waals surface area contributed by atoms with Crippen molar-refractivity contribution in [2.45, 2.75) is 71.1 Å². The first-order valence-corrected chi connectivity index (χ1v) is 10.3. The SMILES string of the molecule is C/C(=C\c1ccccc1)CNC[C@@H]1C[C@@H]2CCCC2N1C(=O)OC(C)(C)C. The zero-order valence-electron chi connectivity index (χ0n) is 17.2. The van der Waals surface area contributed by atoms with Crippen LogP contribution >= 0.6 is 0 Å². The molecule has 27 heavy (non-hydrogen) atoms. The number of hydrogen-bond donors (Lipinski definition) is 1. The van der Waals surface area contributed by atoms with Gasteiger partial charge in [0.05, 0.1) is 0 Å². The second-order valence-electron chi connectivity index (χ2n) is 9.07. The van der Waals surface area contributed by atoms with Crippen molar-refractivity contribution in [1.29, 1.82) is 0 Å². The number of nitrogens with zero attached hydrogens (tertiary/aromatic N) is 1. The molecule has 148 valence electrons. The summed E-state index contributed by atoms with van der Waals surface area (Å²) in [4.78, 5) is 14.9. The minimum Gasteiger partial charge on any atom is -0.444 e. The zero-order valence-corrected chi connectivity index (χ0v) is 17.2. The van der Waals surface area contributed by atoms with Gasteiger partial charge in [-0.05, 0) is 58.4 Å². The molecule has 2 fully saturated rings. The van der Waals surface area contributed by atoms with Gasteiger partial charge in [0.2, 0.25) is 0 Å². The van der Waals surface area contributed by atoms with Crippen LogP contribution in [0, 0.1) is 5.92 Å². The molecule has 0 radical (unpaired) electrons. The zero-order chi connectivity index (χ0) is 19.4. The van der Waals surface area contributed by atoms with Crippen LogP contribution in [0.25, 0.3) is 6.08 Å². The minimum atomic E-state index is -0.444. The van der Waals surface area contributed by atoms with Gasteiger partial charge in [-0.15, -0.1) is 0 Å². The fourth-order valence-electron chi connectivity index (χ4n) is 4.49. The van der Waals surface area contributed by atoms with Crippen molar-refractivity contribution in [2.75, 3.05) is 13.1 Å². The van der Waals surface area contributed by atoms with E-state index in [4.69, 9.17) is 4.74 Å². The molecule has 1 heterocycles. The molecule has 4 heteroatoms. The molecule has 2 aliphatic rings. The lowest BCUT2D eigenvalue weighted by atomic mass is 10.0. The number of nitrogens with one attached hydrogen (secondary N) is 1. The fraction of sp³-hybridized carbons (Fsp3) is 0.609. The van der Waals surface area contributed by atoms with Gasteiger partial charge < -0.3 is 15.0 Å². The predicted molar refractivity (Wildman–Crippen MR) is 111 cm³/mol. The minimum absolute atomic E-state index is 0.139. The second kappa shape index (κ2) is 8.47. The summed E-state index contributed by atoms with van der Waals surface area (Å²) in [6.45, 7) is 9.64. The number of carbonyl (C=O) groups excluding carboxylic acids is 1. The fourth-order valence-corrected chi connectivity index (χ4v) is 4.49. The first-order chi connectivity index (χ1) is 12.8. The smallest absolute Gasteiger partial charge is 0.410 e. The molecule has 1 saturated heterocycles. The van der Waals surface area contributed by atoms with Gasteiger partial charge in [0.1, 0.15) is 5.60 Å². The first kappa shape index (κ1) is 19.9. The maximum absolute atomic E-state index is 12.8. The Kier molecular flexibility index (Phi) is 6.25. The molecule has 1 unspecified atom stereocenters. The van der Waals surface area contributed by atoms with Crippen molar-refractivity contribution >= 4 is 12.2 Å². The maximum atomic E-state index is 12.8. The first-order valence-electron chi connectivity index (χ1n) is 10.3. The van der Waals surface area contributed by atoms with Crippen molar-refractivity contribution < 1.29 is 9.53 Å². The van der Waals surface area contributed by atoms with Crippen molar-refractivity contribution in [3.8, 4) is 0 Å². The van der Waals surface area contributed by atoms with E-state index in [-0.39, 0.29) is 12.1 Å². The highest BCUT2D eigenvalue weighted by Gasteiger charge is 2.46. The van der Waals surface area contributed by atoms with Gasteiger partial charge in [0.25, 0.3) is 0 Å². The maximum Gasteiger partial charge on any atom is 0.410 e. The monoisotopic (exact) mass is 370 g/mol. The Bertz CT molecular complexity index is 663. The van der Waals surface area contributed by atoms with Crippen LogP contribution in [-0.4, -0.2) is 41.8 Å². The van der Waals surface area contributed by atoms with E-state index in [0.29, 0.717) is 12.0 Å². The Morgan fingerprint density at radius 1 is 1.26 bits per heavy atom. The number of rotatable bonds is 5. The van der Waals surface area contributed by atoms with Gasteiger partial charge >= 0.3 is 6.09 Å². The van der Waals surface area contributed by atoms with E-state index in [1.807, 2.05) is 31.7 Å². The Hall–Kier alpha value is -1.81. The summed E-state index contributed by atoms with van der Waals surface area (Å²) in [6.07, 6.45) is 6.76. The molecule has 0 aromatic heterocycles. The number of benzene rings is 1. The summed E-state index contributed by atoms with van der Waals surface area (Å²) < 4.78 is 5.71. The lowest BCUT2D eigenvalue weighted by Crippen LogP contribution is -2.47. The quantitative estimate of drug-likeness (QED) is 0.805. The Balaban J connectivity index is 1.57. The highest BCUT2D eigenvalue weighted by molar-refractivity contribution is 5.69. The average Bonchev–Trinajstić information content (AvgIpc) is 3.14. The third kappa shape index (κ3) is 5.35. The van der Waals surface area contributed by atoms with Crippen molar-refractivity contribution in [3.05, 3.63) is 41.5 Å². The van der Waals surface area contributed by atoms with Gasteiger partial charge in [-0.1, -0.05) is 48.4 Å². The molecule has 0 bridgehead atoms. The summed E-state index contributed by atoms with van der Waals surface area (Å²) in [5.74, 6) is 0.644. The highest BCUT2D eigenvalue weighted by Crippen LogP contribution is 2.41. The topological polar surface area (TPSA) is 41.6 Å². The summed E-state index contributed by atoms with van der Waals surface area (Å²) >= 11 is 0.